The molecule has 3 nitrogen and oxygen atoms in total. The van der Waals surface area contributed by atoms with Crippen LogP contribution in [-0.4, -0.2) is 35.6 Å². The van der Waals surface area contributed by atoms with Crippen molar-refractivity contribution < 1.29 is 0 Å². The molecular weight excluding hydrogens is 258 g/mol. The molecular formula is C18H31N3. The van der Waals surface area contributed by atoms with E-state index in [1.54, 1.807) is 0 Å². The lowest BCUT2D eigenvalue weighted by Crippen LogP contribution is -2.45. The Hall–Kier alpha value is -0.590. The van der Waals surface area contributed by atoms with Crippen molar-refractivity contribution in [2.45, 2.75) is 88.8 Å². The van der Waals surface area contributed by atoms with Crippen molar-refractivity contribution in [3.8, 4) is 6.07 Å². The molecule has 3 heteroatoms. The molecule has 3 fully saturated rings. The summed E-state index contributed by atoms with van der Waals surface area (Å²) in [6, 6.07) is 3.91. The van der Waals surface area contributed by atoms with Gasteiger partial charge in [0.1, 0.15) is 5.54 Å². The third-order valence-corrected chi connectivity index (χ3v) is 5.86. The molecule has 1 saturated heterocycles. The predicted molar refractivity (Wildman–Crippen MR) is 86.0 cm³/mol. The third kappa shape index (κ3) is 3.79. The van der Waals surface area contributed by atoms with Gasteiger partial charge in [0.15, 0.2) is 0 Å². The van der Waals surface area contributed by atoms with Gasteiger partial charge in [-0.2, -0.15) is 5.26 Å². The lowest BCUT2D eigenvalue weighted by Gasteiger charge is -2.29. The number of nitriles is 1. The zero-order chi connectivity index (χ0) is 14.7. The van der Waals surface area contributed by atoms with Crippen molar-refractivity contribution >= 4 is 0 Å². The summed E-state index contributed by atoms with van der Waals surface area (Å²) < 4.78 is 0. The zero-order valence-corrected chi connectivity index (χ0v) is 13.6. The Balaban J connectivity index is 1.54. The first kappa shape index (κ1) is 15.3. The second kappa shape index (κ2) is 6.67. The van der Waals surface area contributed by atoms with Gasteiger partial charge in [-0.15, -0.1) is 0 Å². The number of likely N-dealkylation sites (tertiary alicyclic amines) is 1. The molecule has 1 N–H and O–H groups in total. The molecule has 1 aliphatic heterocycles. The van der Waals surface area contributed by atoms with Crippen LogP contribution in [0.4, 0.5) is 0 Å². The van der Waals surface area contributed by atoms with Crippen LogP contribution >= 0.6 is 0 Å². The first-order valence-electron chi connectivity index (χ1n) is 9.17. The molecule has 2 aliphatic carbocycles. The average molecular weight is 289 g/mol. The molecule has 0 aromatic carbocycles. The average Bonchev–Trinajstić information content (AvgIpc) is 3.24. The van der Waals surface area contributed by atoms with E-state index in [0.29, 0.717) is 12.1 Å². The van der Waals surface area contributed by atoms with Gasteiger partial charge in [-0.05, 0) is 70.4 Å². The van der Waals surface area contributed by atoms with Gasteiger partial charge in [0.2, 0.25) is 0 Å². The Kier molecular flexibility index (Phi) is 4.86. The normalized spacial score (nSPS) is 38.1. The summed E-state index contributed by atoms with van der Waals surface area (Å²) in [5.41, 5.74) is -0.207. The molecule has 0 aromatic heterocycles. The van der Waals surface area contributed by atoms with Crippen LogP contribution in [0, 0.1) is 17.2 Å². The smallest absolute Gasteiger partial charge is 0.108 e. The fourth-order valence-electron chi connectivity index (χ4n) is 4.46. The minimum absolute atomic E-state index is 0.207. The molecule has 3 rings (SSSR count). The Morgan fingerprint density at radius 1 is 1.19 bits per heavy atom. The number of nitrogens with one attached hydrogen (secondary N) is 1. The highest BCUT2D eigenvalue weighted by Gasteiger charge is 2.44. The summed E-state index contributed by atoms with van der Waals surface area (Å²) in [5.74, 6) is 0.951. The highest BCUT2D eigenvalue weighted by atomic mass is 15.2. The molecule has 0 aromatic rings. The van der Waals surface area contributed by atoms with Crippen molar-refractivity contribution in [2.24, 2.45) is 5.92 Å². The van der Waals surface area contributed by atoms with Crippen molar-refractivity contribution in [1.82, 2.24) is 10.2 Å². The van der Waals surface area contributed by atoms with Gasteiger partial charge < -0.3 is 4.90 Å². The van der Waals surface area contributed by atoms with E-state index in [2.05, 4.69) is 23.2 Å². The van der Waals surface area contributed by atoms with Crippen LogP contribution in [0.15, 0.2) is 0 Å². The third-order valence-electron chi connectivity index (χ3n) is 5.86. The maximum atomic E-state index is 9.65. The molecule has 2 saturated carbocycles. The van der Waals surface area contributed by atoms with Crippen molar-refractivity contribution in [3.05, 3.63) is 0 Å². The van der Waals surface area contributed by atoms with Crippen LogP contribution in [0.3, 0.4) is 0 Å². The fraction of sp³-hybridized carbons (Fsp3) is 0.944. The van der Waals surface area contributed by atoms with Gasteiger partial charge in [0, 0.05) is 12.1 Å². The quantitative estimate of drug-likeness (QED) is 0.842. The molecule has 3 aliphatic rings. The van der Waals surface area contributed by atoms with E-state index >= 15 is 0 Å². The van der Waals surface area contributed by atoms with E-state index in [1.165, 1.54) is 64.5 Å². The lowest BCUT2D eigenvalue weighted by atomic mass is 9.96. The lowest BCUT2D eigenvalue weighted by molar-refractivity contribution is 0.196. The van der Waals surface area contributed by atoms with Crippen LogP contribution in [0.25, 0.3) is 0 Å². The Labute approximate surface area is 130 Å². The SMILES string of the molecule is CCCC1CCCN(C2CCC(C#N)(NC3CC3)C2)CC1. The first-order chi connectivity index (χ1) is 10.2. The second-order valence-corrected chi connectivity index (χ2v) is 7.63. The zero-order valence-electron chi connectivity index (χ0n) is 13.6. The van der Waals surface area contributed by atoms with E-state index in [1.807, 2.05) is 0 Å². The summed E-state index contributed by atoms with van der Waals surface area (Å²) in [4.78, 5) is 2.71. The Bertz CT molecular complexity index is 384. The number of hydrogen-bond donors (Lipinski definition) is 1. The first-order valence-corrected chi connectivity index (χ1v) is 9.17. The van der Waals surface area contributed by atoms with Gasteiger partial charge >= 0.3 is 0 Å². The van der Waals surface area contributed by atoms with Crippen LogP contribution in [0.5, 0.6) is 0 Å². The molecule has 118 valence electrons. The molecule has 21 heavy (non-hydrogen) atoms. The van der Waals surface area contributed by atoms with Crippen LogP contribution < -0.4 is 5.32 Å². The minimum Gasteiger partial charge on any atom is -0.300 e. The molecule has 3 unspecified atom stereocenters. The number of hydrogen-bond acceptors (Lipinski definition) is 3. The molecule has 3 atom stereocenters. The van der Waals surface area contributed by atoms with E-state index in [9.17, 15) is 5.26 Å². The maximum Gasteiger partial charge on any atom is 0.108 e. The van der Waals surface area contributed by atoms with Crippen molar-refractivity contribution in [3.63, 3.8) is 0 Å². The molecule has 0 bridgehead atoms. The fourth-order valence-corrected chi connectivity index (χ4v) is 4.46. The topological polar surface area (TPSA) is 39.1 Å². The van der Waals surface area contributed by atoms with Crippen LogP contribution in [0.2, 0.25) is 0 Å². The molecule has 0 spiro atoms. The highest BCUT2D eigenvalue weighted by molar-refractivity contribution is 5.15. The minimum atomic E-state index is -0.207. The van der Waals surface area contributed by atoms with E-state index in [4.69, 9.17) is 0 Å². The van der Waals surface area contributed by atoms with Crippen molar-refractivity contribution in [2.75, 3.05) is 13.1 Å². The molecule has 1 heterocycles. The van der Waals surface area contributed by atoms with Crippen LogP contribution in [-0.2, 0) is 0 Å². The second-order valence-electron chi connectivity index (χ2n) is 7.63. The highest BCUT2D eigenvalue weighted by Crippen LogP contribution is 2.37. The number of rotatable bonds is 5. The van der Waals surface area contributed by atoms with Gasteiger partial charge in [-0.25, -0.2) is 0 Å². The van der Waals surface area contributed by atoms with Gasteiger partial charge in [-0.3, -0.25) is 5.32 Å². The maximum absolute atomic E-state index is 9.65. The summed E-state index contributed by atoms with van der Waals surface area (Å²) in [5, 5.41) is 13.3. The Morgan fingerprint density at radius 3 is 2.76 bits per heavy atom. The van der Waals surface area contributed by atoms with Gasteiger partial charge in [0.25, 0.3) is 0 Å². The largest absolute Gasteiger partial charge is 0.300 e. The van der Waals surface area contributed by atoms with Gasteiger partial charge in [0.05, 0.1) is 6.07 Å². The summed E-state index contributed by atoms with van der Waals surface area (Å²) in [6.45, 7) is 4.83. The standard InChI is InChI=1S/C18H31N3/c1-2-4-15-5-3-11-21(12-9-15)17-8-10-18(13-17,14-19)20-16-6-7-16/h15-17,20H,2-13H2,1H3. The van der Waals surface area contributed by atoms with E-state index in [-0.39, 0.29) is 5.54 Å². The van der Waals surface area contributed by atoms with E-state index < -0.39 is 0 Å². The monoisotopic (exact) mass is 289 g/mol. The number of nitrogens with zero attached hydrogens (tertiary/aromatic N) is 2. The van der Waals surface area contributed by atoms with Crippen LogP contribution in [0.1, 0.15) is 71.1 Å². The predicted octanol–water partition coefficient (Wildman–Crippen LogP) is 3.46. The molecule has 0 amide bonds. The molecule has 0 radical (unpaired) electrons. The Morgan fingerprint density at radius 2 is 2.05 bits per heavy atom. The van der Waals surface area contributed by atoms with Crippen molar-refractivity contribution in [1.29, 1.82) is 5.26 Å². The summed E-state index contributed by atoms with van der Waals surface area (Å²) in [7, 11) is 0. The van der Waals surface area contributed by atoms with Gasteiger partial charge in [-0.1, -0.05) is 19.8 Å². The van der Waals surface area contributed by atoms with E-state index in [0.717, 1.165) is 18.8 Å². The summed E-state index contributed by atoms with van der Waals surface area (Å²) >= 11 is 0. The summed E-state index contributed by atoms with van der Waals surface area (Å²) in [6.07, 6.45) is 12.8.